The van der Waals surface area contributed by atoms with Crippen LogP contribution in [-0.4, -0.2) is 23.0 Å². The Morgan fingerprint density at radius 1 is 1.14 bits per heavy atom. The molecule has 3 aliphatic rings. The highest BCUT2D eigenvalue weighted by atomic mass is 15.2. The maximum absolute atomic E-state index is 3.80. The van der Waals surface area contributed by atoms with Gasteiger partial charge in [0.1, 0.15) is 0 Å². The van der Waals surface area contributed by atoms with Crippen LogP contribution in [0.4, 0.5) is 0 Å². The standard InChI is InChI=1S/C20H24N2/c1-19-10-5-6-11-20(19,2)18-17-15(9-12-22(18)13-19)14-7-3-4-8-16(14)21-17/h3-8,18,21H,9-13H2,1-2H3/t18-,19-,20-/m1/s1. The number of hydrogen-bond donors (Lipinski definition) is 1. The van der Waals surface area contributed by atoms with E-state index in [4.69, 9.17) is 0 Å². The maximum atomic E-state index is 3.80. The quantitative estimate of drug-likeness (QED) is 0.711. The van der Waals surface area contributed by atoms with Gasteiger partial charge in [0.2, 0.25) is 0 Å². The van der Waals surface area contributed by atoms with E-state index < -0.39 is 0 Å². The summed E-state index contributed by atoms with van der Waals surface area (Å²) in [5.74, 6) is 0. The molecule has 1 N–H and O–H groups in total. The maximum Gasteiger partial charge on any atom is 0.0564 e. The molecule has 2 heteroatoms. The smallest absolute Gasteiger partial charge is 0.0564 e. The number of hydrogen-bond acceptors (Lipinski definition) is 1. The summed E-state index contributed by atoms with van der Waals surface area (Å²) in [5.41, 5.74) is 5.16. The summed E-state index contributed by atoms with van der Waals surface area (Å²) in [6, 6.07) is 9.39. The molecular weight excluding hydrogens is 268 g/mol. The summed E-state index contributed by atoms with van der Waals surface area (Å²) in [6.45, 7) is 7.50. The number of para-hydroxylation sites is 1. The third kappa shape index (κ3) is 1.40. The van der Waals surface area contributed by atoms with Gasteiger partial charge in [0.15, 0.2) is 0 Å². The molecule has 114 valence electrons. The van der Waals surface area contributed by atoms with Crippen LogP contribution in [0, 0.1) is 10.8 Å². The Balaban J connectivity index is 1.74. The van der Waals surface area contributed by atoms with E-state index in [1.807, 2.05) is 0 Å². The molecule has 0 spiro atoms. The van der Waals surface area contributed by atoms with Crippen molar-refractivity contribution in [3.63, 3.8) is 0 Å². The van der Waals surface area contributed by atoms with Crippen molar-refractivity contribution in [1.82, 2.24) is 9.88 Å². The minimum absolute atomic E-state index is 0.345. The fourth-order valence-electron chi connectivity index (χ4n) is 5.47. The lowest BCUT2D eigenvalue weighted by atomic mass is 9.58. The molecule has 1 aromatic heterocycles. The number of H-pyrrole nitrogens is 1. The van der Waals surface area contributed by atoms with E-state index >= 15 is 0 Å². The first kappa shape index (κ1) is 13.0. The Labute approximate surface area is 132 Å². The third-order valence-electron chi connectivity index (χ3n) is 6.95. The van der Waals surface area contributed by atoms with E-state index in [1.165, 1.54) is 48.9 Å². The lowest BCUT2D eigenvalue weighted by molar-refractivity contribution is 0.0856. The van der Waals surface area contributed by atoms with Gasteiger partial charge in [-0.3, -0.25) is 4.90 Å². The minimum atomic E-state index is 0.345. The van der Waals surface area contributed by atoms with Gasteiger partial charge in [-0.15, -0.1) is 0 Å². The summed E-state index contributed by atoms with van der Waals surface area (Å²) in [4.78, 5) is 6.55. The first-order chi connectivity index (χ1) is 10.6. The van der Waals surface area contributed by atoms with Crippen LogP contribution >= 0.6 is 0 Å². The van der Waals surface area contributed by atoms with Crippen molar-refractivity contribution in [1.29, 1.82) is 0 Å². The number of allylic oxidation sites excluding steroid dienone is 2. The fraction of sp³-hybridized carbons (Fsp3) is 0.500. The molecule has 1 saturated heterocycles. The molecule has 3 atom stereocenters. The zero-order valence-electron chi connectivity index (χ0n) is 13.5. The normalized spacial score (nSPS) is 37.1. The Morgan fingerprint density at radius 3 is 2.86 bits per heavy atom. The number of aromatic nitrogens is 1. The van der Waals surface area contributed by atoms with E-state index in [2.05, 4.69) is 60.1 Å². The second-order valence-electron chi connectivity index (χ2n) is 8.04. The van der Waals surface area contributed by atoms with E-state index in [0.717, 1.165) is 0 Å². The number of rotatable bonds is 0. The minimum Gasteiger partial charge on any atom is -0.357 e. The highest BCUT2D eigenvalue weighted by molar-refractivity contribution is 5.85. The Kier molecular flexibility index (Phi) is 2.38. The highest BCUT2D eigenvalue weighted by Crippen LogP contribution is 2.63. The molecule has 2 aromatic rings. The molecular formula is C20H24N2. The lowest BCUT2D eigenvalue weighted by Gasteiger charge is -2.46. The van der Waals surface area contributed by atoms with Crippen molar-refractivity contribution in [2.24, 2.45) is 10.8 Å². The number of aromatic amines is 1. The topological polar surface area (TPSA) is 19.0 Å². The van der Waals surface area contributed by atoms with Crippen molar-refractivity contribution < 1.29 is 0 Å². The van der Waals surface area contributed by atoms with Crippen molar-refractivity contribution >= 4 is 10.9 Å². The molecule has 0 unspecified atom stereocenters. The molecule has 2 aliphatic heterocycles. The first-order valence-electron chi connectivity index (χ1n) is 8.61. The molecule has 0 bridgehead atoms. The van der Waals surface area contributed by atoms with Crippen molar-refractivity contribution in [2.75, 3.05) is 13.1 Å². The average Bonchev–Trinajstić information content (AvgIpc) is 2.99. The highest BCUT2D eigenvalue weighted by Gasteiger charge is 2.59. The van der Waals surface area contributed by atoms with Crippen LogP contribution < -0.4 is 0 Å². The monoisotopic (exact) mass is 292 g/mol. The van der Waals surface area contributed by atoms with Crippen molar-refractivity contribution in [3.8, 4) is 0 Å². The zero-order chi connectivity index (χ0) is 14.9. The SMILES string of the molecule is C[C@]12CC=CC[C@]1(C)[C@H]1c3[nH]c4ccccc4c3CCN1C2. The Morgan fingerprint density at radius 2 is 1.95 bits per heavy atom. The van der Waals surface area contributed by atoms with Crippen molar-refractivity contribution in [2.45, 2.75) is 39.2 Å². The first-order valence-corrected chi connectivity index (χ1v) is 8.61. The number of benzene rings is 1. The Bertz CT molecular complexity index is 786. The van der Waals surface area contributed by atoms with Gasteiger partial charge in [0.25, 0.3) is 0 Å². The number of nitrogens with zero attached hydrogens (tertiary/aromatic N) is 1. The molecule has 0 saturated carbocycles. The molecule has 1 aliphatic carbocycles. The largest absolute Gasteiger partial charge is 0.357 e. The van der Waals surface area contributed by atoms with Crippen LogP contribution in [0.2, 0.25) is 0 Å². The number of nitrogens with one attached hydrogen (secondary N) is 1. The summed E-state index contributed by atoms with van der Waals surface area (Å²) < 4.78 is 0. The van der Waals surface area contributed by atoms with Gasteiger partial charge in [-0.25, -0.2) is 0 Å². The summed E-state index contributed by atoms with van der Waals surface area (Å²) >= 11 is 0. The van der Waals surface area contributed by atoms with E-state index in [1.54, 1.807) is 5.56 Å². The van der Waals surface area contributed by atoms with Gasteiger partial charge in [-0.1, -0.05) is 44.2 Å². The van der Waals surface area contributed by atoms with Gasteiger partial charge >= 0.3 is 0 Å². The van der Waals surface area contributed by atoms with Crippen LogP contribution in [0.15, 0.2) is 36.4 Å². The molecule has 0 amide bonds. The van der Waals surface area contributed by atoms with Crippen LogP contribution in [0.5, 0.6) is 0 Å². The summed E-state index contributed by atoms with van der Waals surface area (Å²) in [5, 5.41) is 1.45. The average molecular weight is 292 g/mol. The zero-order valence-corrected chi connectivity index (χ0v) is 13.5. The second kappa shape index (κ2) is 4.05. The Hall–Kier alpha value is -1.54. The molecule has 22 heavy (non-hydrogen) atoms. The predicted molar refractivity (Wildman–Crippen MR) is 90.9 cm³/mol. The van der Waals surface area contributed by atoms with E-state index in [0.29, 0.717) is 16.9 Å². The van der Waals surface area contributed by atoms with Crippen LogP contribution in [-0.2, 0) is 6.42 Å². The van der Waals surface area contributed by atoms with Crippen LogP contribution in [0.3, 0.4) is 0 Å². The summed E-state index contributed by atoms with van der Waals surface area (Å²) in [6.07, 6.45) is 8.45. The predicted octanol–water partition coefficient (Wildman–Crippen LogP) is 4.44. The van der Waals surface area contributed by atoms with Crippen molar-refractivity contribution in [3.05, 3.63) is 47.7 Å². The molecule has 1 fully saturated rings. The fourth-order valence-corrected chi connectivity index (χ4v) is 5.47. The third-order valence-corrected chi connectivity index (χ3v) is 6.95. The summed E-state index contributed by atoms with van der Waals surface area (Å²) in [7, 11) is 0. The van der Waals surface area contributed by atoms with Gasteiger partial charge < -0.3 is 4.98 Å². The van der Waals surface area contributed by atoms with Gasteiger partial charge in [0, 0.05) is 29.7 Å². The molecule has 5 rings (SSSR count). The van der Waals surface area contributed by atoms with Gasteiger partial charge in [-0.2, -0.15) is 0 Å². The van der Waals surface area contributed by atoms with Crippen LogP contribution in [0.25, 0.3) is 10.9 Å². The van der Waals surface area contributed by atoms with Gasteiger partial charge in [0.05, 0.1) is 6.04 Å². The van der Waals surface area contributed by atoms with Gasteiger partial charge in [-0.05, 0) is 41.7 Å². The van der Waals surface area contributed by atoms with E-state index in [-0.39, 0.29) is 0 Å². The van der Waals surface area contributed by atoms with Crippen LogP contribution in [0.1, 0.15) is 44.0 Å². The molecule has 0 radical (unpaired) electrons. The number of fused-ring (bicyclic) bond motifs is 7. The molecule has 3 heterocycles. The lowest BCUT2D eigenvalue weighted by Crippen LogP contribution is -2.40. The molecule has 1 aromatic carbocycles. The van der Waals surface area contributed by atoms with E-state index in [9.17, 15) is 0 Å². The molecule has 2 nitrogen and oxygen atoms in total. The second-order valence-corrected chi connectivity index (χ2v) is 8.04.